The number of anilines is 1. The average molecular weight is 429 g/mol. The van der Waals surface area contributed by atoms with E-state index in [4.69, 9.17) is 0 Å². The van der Waals surface area contributed by atoms with Gasteiger partial charge in [0.25, 0.3) is 5.91 Å². The quantitative estimate of drug-likeness (QED) is 0.723. The van der Waals surface area contributed by atoms with Crippen LogP contribution in [0, 0.1) is 19.8 Å². The molecule has 162 valence electrons. The zero-order chi connectivity index (χ0) is 21.8. The second kappa shape index (κ2) is 9.60. The van der Waals surface area contributed by atoms with Gasteiger partial charge in [-0.05, 0) is 57.6 Å². The Hall–Kier alpha value is -2.41. The maximum absolute atomic E-state index is 13.0. The second-order valence-corrected chi connectivity index (χ2v) is 9.46. The van der Waals surface area contributed by atoms with E-state index in [2.05, 4.69) is 17.2 Å². The summed E-state index contributed by atoms with van der Waals surface area (Å²) in [6.45, 7) is 12.1. The van der Waals surface area contributed by atoms with Crippen LogP contribution in [-0.4, -0.2) is 45.9 Å². The molecule has 1 saturated heterocycles. The molecule has 0 atom stereocenters. The Bertz CT molecular complexity index is 880. The third kappa shape index (κ3) is 5.19. The van der Waals surface area contributed by atoms with Gasteiger partial charge in [0.15, 0.2) is 0 Å². The Kier molecular flexibility index (Phi) is 7.13. The van der Waals surface area contributed by atoms with Crippen molar-refractivity contribution in [2.24, 2.45) is 5.92 Å². The van der Waals surface area contributed by atoms with Crippen LogP contribution < -0.4 is 5.32 Å². The van der Waals surface area contributed by atoms with Gasteiger partial charge in [-0.15, -0.1) is 11.3 Å². The molecule has 2 aromatic rings. The Balaban J connectivity index is 1.68. The van der Waals surface area contributed by atoms with E-state index < -0.39 is 0 Å². The van der Waals surface area contributed by atoms with E-state index in [-0.39, 0.29) is 18.0 Å². The number of carbonyl (C=O) groups is 2. The number of likely N-dealkylation sites (tertiary alicyclic amines) is 1. The topological polar surface area (TPSA) is 65.5 Å². The molecule has 1 aliphatic rings. The van der Waals surface area contributed by atoms with Gasteiger partial charge in [-0.3, -0.25) is 4.79 Å². The van der Waals surface area contributed by atoms with Crippen LogP contribution in [0.1, 0.15) is 60.2 Å². The number of benzene rings is 1. The summed E-state index contributed by atoms with van der Waals surface area (Å²) in [5.41, 5.74) is 3.40. The molecule has 1 aromatic heterocycles. The summed E-state index contributed by atoms with van der Waals surface area (Å²) in [5, 5.41) is 5.64. The van der Waals surface area contributed by atoms with Crippen molar-refractivity contribution in [1.82, 2.24) is 14.8 Å². The Morgan fingerprint density at radius 2 is 1.87 bits per heavy atom. The molecule has 2 heterocycles. The van der Waals surface area contributed by atoms with Crippen LogP contribution in [0.5, 0.6) is 0 Å². The molecule has 0 spiro atoms. The SMILES string of the molecule is Cc1cccc(C)c1NC(=O)N(Cc1nc(C(=O)N2CCC(C)CC2)cs1)C(C)C. The van der Waals surface area contributed by atoms with Crippen molar-refractivity contribution in [2.75, 3.05) is 18.4 Å². The van der Waals surface area contributed by atoms with Crippen molar-refractivity contribution in [3.63, 3.8) is 0 Å². The first-order valence-corrected chi connectivity index (χ1v) is 11.5. The molecule has 1 aromatic carbocycles. The van der Waals surface area contributed by atoms with Gasteiger partial charge in [0.2, 0.25) is 0 Å². The fraction of sp³-hybridized carbons (Fsp3) is 0.522. The molecule has 30 heavy (non-hydrogen) atoms. The minimum absolute atomic E-state index is 0.000448. The summed E-state index contributed by atoms with van der Waals surface area (Å²) in [6, 6.07) is 5.80. The van der Waals surface area contributed by atoms with Gasteiger partial charge in [0.1, 0.15) is 10.7 Å². The lowest BCUT2D eigenvalue weighted by Gasteiger charge is -2.29. The number of aromatic nitrogens is 1. The predicted molar refractivity (Wildman–Crippen MR) is 122 cm³/mol. The molecule has 1 fully saturated rings. The molecule has 1 N–H and O–H groups in total. The molecule has 0 saturated carbocycles. The first-order valence-electron chi connectivity index (χ1n) is 10.6. The molecular formula is C23H32N4O2S. The van der Waals surface area contributed by atoms with E-state index >= 15 is 0 Å². The molecular weight excluding hydrogens is 396 g/mol. The molecule has 0 unspecified atom stereocenters. The molecule has 7 heteroatoms. The van der Waals surface area contributed by atoms with E-state index in [0.29, 0.717) is 18.2 Å². The third-order valence-electron chi connectivity index (χ3n) is 5.74. The fourth-order valence-electron chi connectivity index (χ4n) is 3.68. The number of piperidine rings is 1. The maximum atomic E-state index is 13.0. The number of amides is 3. The Morgan fingerprint density at radius 3 is 2.47 bits per heavy atom. The summed E-state index contributed by atoms with van der Waals surface area (Å²) in [4.78, 5) is 34.0. The first kappa shape index (κ1) is 22.3. The monoisotopic (exact) mass is 428 g/mol. The standard InChI is InChI=1S/C23H32N4O2S/c1-15(2)27(23(29)25-21-17(4)7-6-8-18(21)5)13-20-24-19(14-30-20)22(28)26-11-9-16(3)10-12-26/h6-8,14-16H,9-13H2,1-5H3,(H,25,29). The van der Waals surface area contributed by atoms with Crippen molar-refractivity contribution in [2.45, 2.75) is 60.0 Å². The fourth-order valence-corrected chi connectivity index (χ4v) is 4.45. The molecule has 0 bridgehead atoms. The number of hydrogen-bond acceptors (Lipinski definition) is 4. The lowest BCUT2D eigenvalue weighted by molar-refractivity contribution is 0.0692. The number of para-hydroxylation sites is 1. The number of aryl methyl sites for hydroxylation is 2. The van der Waals surface area contributed by atoms with Crippen LogP contribution >= 0.6 is 11.3 Å². The highest BCUT2D eigenvalue weighted by atomic mass is 32.1. The summed E-state index contributed by atoms with van der Waals surface area (Å²) in [7, 11) is 0. The summed E-state index contributed by atoms with van der Waals surface area (Å²) in [6.07, 6.45) is 2.09. The van der Waals surface area contributed by atoms with Gasteiger partial charge in [-0.1, -0.05) is 25.1 Å². The number of thiazole rings is 1. The van der Waals surface area contributed by atoms with Gasteiger partial charge in [-0.2, -0.15) is 0 Å². The van der Waals surface area contributed by atoms with E-state index in [1.807, 2.05) is 56.2 Å². The van der Waals surface area contributed by atoms with Gasteiger partial charge in [0, 0.05) is 30.2 Å². The Labute approximate surface area is 183 Å². The molecule has 0 aliphatic carbocycles. The van der Waals surface area contributed by atoms with Crippen LogP contribution in [0.15, 0.2) is 23.6 Å². The lowest BCUT2D eigenvalue weighted by atomic mass is 9.99. The summed E-state index contributed by atoms with van der Waals surface area (Å²) < 4.78 is 0. The normalized spacial score (nSPS) is 14.8. The summed E-state index contributed by atoms with van der Waals surface area (Å²) >= 11 is 1.44. The maximum Gasteiger partial charge on any atom is 0.322 e. The van der Waals surface area contributed by atoms with Crippen molar-refractivity contribution in [1.29, 1.82) is 0 Å². The minimum Gasteiger partial charge on any atom is -0.337 e. The summed E-state index contributed by atoms with van der Waals surface area (Å²) in [5.74, 6) is 0.676. The average Bonchev–Trinajstić information content (AvgIpc) is 3.17. The molecule has 3 amide bonds. The highest BCUT2D eigenvalue weighted by Crippen LogP contribution is 2.23. The van der Waals surface area contributed by atoms with Crippen molar-refractivity contribution in [3.8, 4) is 0 Å². The first-order chi connectivity index (χ1) is 14.3. The van der Waals surface area contributed by atoms with Crippen LogP contribution in [0.4, 0.5) is 10.5 Å². The van der Waals surface area contributed by atoms with Crippen LogP contribution in [-0.2, 0) is 6.54 Å². The largest absolute Gasteiger partial charge is 0.337 e. The number of carbonyl (C=O) groups excluding carboxylic acids is 2. The van der Waals surface area contributed by atoms with Crippen LogP contribution in [0.2, 0.25) is 0 Å². The third-order valence-corrected chi connectivity index (χ3v) is 6.58. The predicted octanol–water partition coefficient (Wildman–Crippen LogP) is 5.07. The second-order valence-electron chi connectivity index (χ2n) is 8.52. The van der Waals surface area contributed by atoms with Gasteiger partial charge in [0.05, 0.1) is 6.54 Å². The molecule has 0 radical (unpaired) electrons. The van der Waals surface area contributed by atoms with E-state index in [9.17, 15) is 9.59 Å². The van der Waals surface area contributed by atoms with Crippen LogP contribution in [0.25, 0.3) is 0 Å². The van der Waals surface area contributed by atoms with E-state index in [0.717, 1.165) is 47.8 Å². The molecule has 6 nitrogen and oxygen atoms in total. The molecule has 3 rings (SSSR count). The van der Waals surface area contributed by atoms with Gasteiger partial charge < -0.3 is 15.1 Å². The number of nitrogens with one attached hydrogen (secondary N) is 1. The Morgan fingerprint density at radius 1 is 1.23 bits per heavy atom. The zero-order valence-corrected chi connectivity index (χ0v) is 19.4. The van der Waals surface area contributed by atoms with Gasteiger partial charge in [-0.25, -0.2) is 9.78 Å². The number of hydrogen-bond donors (Lipinski definition) is 1. The van der Waals surface area contributed by atoms with Gasteiger partial charge >= 0.3 is 6.03 Å². The smallest absolute Gasteiger partial charge is 0.322 e. The lowest BCUT2D eigenvalue weighted by Crippen LogP contribution is -2.40. The van der Waals surface area contributed by atoms with E-state index in [1.165, 1.54) is 11.3 Å². The molecule has 1 aliphatic heterocycles. The highest BCUT2D eigenvalue weighted by molar-refractivity contribution is 7.09. The van der Waals surface area contributed by atoms with Crippen molar-refractivity contribution in [3.05, 3.63) is 45.4 Å². The van der Waals surface area contributed by atoms with Crippen molar-refractivity contribution < 1.29 is 9.59 Å². The zero-order valence-electron chi connectivity index (χ0n) is 18.6. The van der Waals surface area contributed by atoms with Crippen molar-refractivity contribution >= 4 is 29.0 Å². The number of nitrogens with zero attached hydrogens (tertiary/aromatic N) is 3. The van der Waals surface area contributed by atoms with Crippen LogP contribution in [0.3, 0.4) is 0 Å². The van der Waals surface area contributed by atoms with E-state index in [1.54, 1.807) is 4.90 Å². The highest BCUT2D eigenvalue weighted by Gasteiger charge is 2.25. The number of urea groups is 1. The minimum atomic E-state index is -0.157. The number of rotatable bonds is 5.